The Morgan fingerprint density at radius 1 is 0.897 bits per heavy atom. The largest absolute Gasteiger partial charge is 0.489 e. The van der Waals surface area contributed by atoms with Crippen LogP contribution in [0, 0.1) is 5.92 Å². The fraction of sp³-hybridized carbons (Fsp3) is 0.179. The number of anilines is 1. The van der Waals surface area contributed by atoms with E-state index >= 15 is 0 Å². The molecule has 3 aromatic carbocycles. The number of alkyl halides is 3. The number of imide groups is 1. The number of H-pyrrole nitrogens is 1. The van der Waals surface area contributed by atoms with Gasteiger partial charge in [0, 0.05) is 10.8 Å². The number of carbonyl (C=O) groups is 2. The summed E-state index contributed by atoms with van der Waals surface area (Å²) in [6, 6.07) is 21.1. The molecule has 0 spiro atoms. The molecule has 6 nitrogen and oxygen atoms in total. The quantitative estimate of drug-likeness (QED) is 0.307. The maximum absolute atomic E-state index is 13.8. The minimum atomic E-state index is -4.76. The molecule has 4 aromatic rings. The first kappa shape index (κ1) is 25.4. The van der Waals surface area contributed by atoms with Crippen LogP contribution in [0.1, 0.15) is 27.5 Å². The van der Waals surface area contributed by atoms with E-state index in [-0.39, 0.29) is 4.87 Å². The number of hydrogen-bond donors (Lipinski definition) is 1. The number of thioether (sulfide) groups is 1. The smallest absolute Gasteiger partial charge is 0.418 e. The van der Waals surface area contributed by atoms with Crippen LogP contribution in [0.25, 0.3) is 0 Å². The molecule has 6 rings (SSSR count). The molecule has 0 radical (unpaired) electrons. The Hall–Kier alpha value is -3.83. The summed E-state index contributed by atoms with van der Waals surface area (Å²) in [5.74, 6) is -2.69. The molecular weight excluding hydrogens is 549 g/mol. The Labute approximate surface area is 228 Å². The molecule has 11 heteroatoms. The molecule has 3 heterocycles. The molecule has 2 aliphatic heterocycles. The number of fused-ring (bicyclic) bond motifs is 2. The van der Waals surface area contributed by atoms with Crippen molar-refractivity contribution in [2.24, 2.45) is 5.92 Å². The van der Waals surface area contributed by atoms with Gasteiger partial charge in [0.05, 0.1) is 22.2 Å². The molecule has 0 bridgehead atoms. The average molecular weight is 569 g/mol. The average Bonchev–Trinajstić information content (AvgIpc) is 3.41. The van der Waals surface area contributed by atoms with Crippen LogP contribution in [0.15, 0.2) is 88.7 Å². The summed E-state index contributed by atoms with van der Waals surface area (Å²) in [5, 5.41) is -0.561. The number of aromatic nitrogens is 1. The summed E-state index contributed by atoms with van der Waals surface area (Å²) in [6.07, 6.45) is -4.76. The van der Waals surface area contributed by atoms with E-state index < -0.39 is 46.3 Å². The number of rotatable bonds is 5. The number of nitrogens with one attached hydrogen (secondary N) is 1. The van der Waals surface area contributed by atoms with E-state index in [0.717, 1.165) is 40.8 Å². The minimum absolute atomic E-state index is 0.305. The van der Waals surface area contributed by atoms with Gasteiger partial charge in [0.2, 0.25) is 11.8 Å². The number of carbonyl (C=O) groups excluding carboxylic acids is 2. The van der Waals surface area contributed by atoms with Gasteiger partial charge in [-0.15, -0.1) is 0 Å². The second-order valence-electron chi connectivity index (χ2n) is 9.12. The molecule has 3 atom stereocenters. The predicted molar refractivity (Wildman–Crippen MR) is 141 cm³/mol. The molecule has 2 amide bonds. The fourth-order valence-electron chi connectivity index (χ4n) is 5.06. The standard InChI is InChI=1S/C28H19F3N2O4S2/c29-28(30,31)18-11-4-5-12-19(18)33-25(34)21-20(22-24(32-27(36)39-22)38-23(21)26(33)35)16-9-6-10-17(13-16)37-14-15-7-2-1-3-8-15/h1-13,20-21,23H,14H2,(H,32,36)/t20-,21?,23?/m1/s1. The van der Waals surface area contributed by atoms with Crippen molar-refractivity contribution in [3.05, 3.63) is 110 Å². The monoisotopic (exact) mass is 568 g/mol. The lowest BCUT2D eigenvalue weighted by atomic mass is 9.83. The first-order valence-electron chi connectivity index (χ1n) is 11.9. The number of nitrogens with zero attached hydrogens (tertiary/aromatic N) is 1. The van der Waals surface area contributed by atoms with Crippen molar-refractivity contribution in [1.29, 1.82) is 0 Å². The first-order chi connectivity index (χ1) is 18.7. The van der Waals surface area contributed by atoms with Gasteiger partial charge in [-0.25, -0.2) is 4.90 Å². The Kier molecular flexibility index (Phi) is 6.35. The fourth-order valence-corrected chi connectivity index (χ4v) is 7.58. The molecule has 1 N–H and O–H groups in total. The molecular formula is C28H19F3N2O4S2. The van der Waals surface area contributed by atoms with Gasteiger partial charge in [0.15, 0.2) is 0 Å². The van der Waals surface area contributed by atoms with Crippen molar-refractivity contribution in [2.75, 3.05) is 4.90 Å². The number of aromatic amines is 1. The Balaban J connectivity index is 1.40. The van der Waals surface area contributed by atoms with Gasteiger partial charge in [-0.1, -0.05) is 77.7 Å². The van der Waals surface area contributed by atoms with Gasteiger partial charge >= 0.3 is 11.0 Å². The Morgan fingerprint density at radius 3 is 2.41 bits per heavy atom. The number of amides is 2. The zero-order valence-corrected chi connectivity index (χ0v) is 21.6. The van der Waals surface area contributed by atoms with Gasteiger partial charge in [-0.2, -0.15) is 13.2 Å². The summed E-state index contributed by atoms with van der Waals surface area (Å²) in [5.41, 5.74) is 0.0232. The van der Waals surface area contributed by atoms with Crippen LogP contribution in [0.3, 0.4) is 0 Å². The molecule has 1 fully saturated rings. The van der Waals surface area contributed by atoms with Crippen molar-refractivity contribution in [3.63, 3.8) is 0 Å². The predicted octanol–water partition coefficient (Wildman–Crippen LogP) is 5.83. The third-order valence-corrected chi connectivity index (χ3v) is 9.14. The lowest BCUT2D eigenvalue weighted by Gasteiger charge is -2.30. The highest BCUT2D eigenvalue weighted by atomic mass is 32.2. The maximum Gasteiger partial charge on any atom is 0.418 e. The summed E-state index contributed by atoms with van der Waals surface area (Å²) in [6.45, 7) is 0.305. The number of halogens is 3. The van der Waals surface area contributed by atoms with Gasteiger partial charge in [0.25, 0.3) is 0 Å². The Morgan fingerprint density at radius 2 is 1.64 bits per heavy atom. The van der Waals surface area contributed by atoms with Gasteiger partial charge in [-0.3, -0.25) is 14.4 Å². The minimum Gasteiger partial charge on any atom is -0.489 e. The van der Waals surface area contributed by atoms with Crippen LogP contribution in [0.5, 0.6) is 5.75 Å². The number of ether oxygens (including phenoxy) is 1. The van der Waals surface area contributed by atoms with Crippen LogP contribution in [-0.4, -0.2) is 22.0 Å². The van der Waals surface area contributed by atoms with Crippen molar-refractivity contribution in [2.45, 2.75) is 29.0 Å². The van der Waals surface area contributed by atoms with Crippen LogP contribution < -0.4 is 14.5 Å². The third-order valence-electron chi connectivity index (χ3n) is 6.74. The van der Waals surface area contributed by atoms with Crippen LogP contribution in [0.4, 0.5) is 18.9 Å². The van der Waals surface area contributed by atoms with Crippen LogP contribution in [0.2, 0.25) is 0 Å². The normalized spacial score (nSPS) is 20.6. The zero-order valence-electron chi connectivity index (χ0n) is 20.0. The molecule has 2 aliphatic rings. The number of para-hydroxylation sites is 1. The summed E-state index contributed by atoms with van der Waals surface area (Å²) in [7, 11) is 0. The molecule has 0 saturated carbocycles. The van der Waals surface area contributed by atoms with E-state index in [1.165, 1.54) is 12.1 Å². The van der Waals surface area contributed by atoms with E-state index in [4.69, 9.17) is 4.74 Å². The highest BCUT2D eigenvalue weighted by Crippen LogP contribution is 2.54. The second kappa shape index (κ2) is 9.73. The van der Waals surface area contributed by atoms with Crippen LogP contribution in [-0.2, 0) is 22.4 Å². The Bertz CT molecular complexity index is 1630. The molecule has 2 unspecified atom stereocenters. The molecule has 39 heavy (non-hydrogen) atoms. The van der Waals surface area contributed by atoms with Crippen molar-refractivity contribution < 1.29 is 27.5 Å². The SMILES string of the molecule is O=C1C2Sc3[nH]c(=O)sc3[C@H](c3cccc(OCc4ccccc4)c3)C2C(=O)N1c1ccccc1C(F)(F)F. The lowest BCUT2D eigenvalue weighted by molar-refractivity contribution is -0.137. The van der Waals surface area contributed by atoms with Crippen molar-refractivity contribution in [3.8, 4) is 5.75 Å². The highest BCUT2D eigenvalue weighted by Gasteiger charge is 2.57. The third kappa shape index (κ3) is 4.55. The van der Waals surface area contributed by atoms with Crippen molar-refractivity contribution >= 4 is 40.6 Å². The van der Waals surface area contributed by atoms with Crippen LogP contribution >= 0.6 is 23.1 Å². The molecule has 1 saturated heterocycles. The van der Waals surface area contributed by atoms with Gasteiger partial charge in [-0.05, 0) is 35.4 Å². The molecule has 0 aliphatic carbocycles. The zero-order chi connectivity index (χ0) is 27.3. The topological polar surface area (TPSA) is 79.5 Å². The lowest BCUT2D eigenvalue weighted by Crippen LogP contribution is -2.33. The van der Waals surface area contributed by atoms with E-state index in [9.17, 15) is 27.6 Å². The van der Waals surface area contributed by atoms with Gasteiger partial charge < -0.3 is 9.72 Å². The van der Waals surface area contributed by atoms with E-state index in [1.807, 2.05) is 30.3 Å². The maximum atomic E-state index is 13.8. The summed E-state index contributed by atoms with van der Waals surface area (Å²) < 4.78 is 47.4. The molecule has 198 valence electrons. The second-order valence-corrected chi connectivity index (χ2v) is 11.3. The van der Waals surface area contributed by atoms with E-state index in [2.05, 4.69) is 4.98 Å². The highest BCUT2D eigenvalue weighted by molar-refractivity contribution is 8.00. The number of hydrogen-bond acceptors (Lipinski definition) is 6. The molecule has 1 aromatic heterocycles. The number of benzene rings is 3. The summed E-state index contributed by atoms with van der Waals surface area (Å²) in [4.78, 5) is 43.3. The van der Waals surface area contributed by atoms with Crippen molar-refractivity contribution in [1.82, 2.24) is 4.98 Å². The van der Waals surface area contributed by atoms with E-state index in [1.54, 1.807) is 24.3 Å². The van der Waals surface area contributed by atoms with E-state index in [0.29, 0.717) is 32.7 Å². The van der Waals surface area contributed by atoms with Gasteiger partial charge in [0.1, 0.15) is 17.6 Å². The summed E-state index contributed by atoms with van der Waals surface area (Å²) >= 11 is 1.94. The number of thiazole rings is 1. The first-order valence-corrected chi connectivity index (χ1v) is 13.6.